The molecule has 1 aliphatic heterocycles. The number of hydrogen-bond acceptors (Lipinski definition) is 2. The Hall–Kier alpha value is -0.150. The van der Waals surface area contributed by atoms with Gasteiger partial charge in [0.1, 0.15) is 0 Å². The first-order chi connectivity index (χ1) is 7.15. The first kappa shape index (κ1) is 11.3. The van der Waals surface area contributed by atoms with E-state index >= 15 is 0 Å². The minimum absolute atomic E-state index is 0.628. The summed E-state index contributed by atoms with van der Waals surface area (Å²) < 4.78 is 1.16. The quantitative estimate of drug-likeness (QED) is 0.879. The highest BCUT2D eigenvalue weighted by Gasteiger charge is 2.21. The third-order valence-corrected chi connectivity index (χ3v) is 4.73. The van der Waals surface area contributed by atoms with E-state index in [1.807, 2.05) is 0 Å². The van der Waals surface area contributed by atoms with E-state index in [1.165, 1.54) is 23.4 Å². The average Bonchev–Trinajstić information content (AvgIpc) is 2.58. The van der Waals surface area contributed by atoms with Gasteiger partial charge in [-0.1, -0.05) is 13.0 Å². The van der Waals surface area contributed by atoms with E-state index in [9.17, 15) is 0 Å². The molecule has 0 aliphatic carbocycles. The SMILES string of the molecule is Cc1ccc(Br)c(NC2CSC(C)C2)c1. The van der Waals surface area contributed by atoms with Crippen LogP contribution in [0.25, 0.3) is 0 Å². The smallest absolute Gasteiger partial charge is 0.0489 e. The van der Waals surface area contributed by atoms with Gasteiger partial charge in [0.15, 0.2) is 0 Å². The van der Waals surface area contributed by atoms with Gasteiger partial charge in [-0.3, -0.25) is 0 Å². The Bertz CT molecular complexity index is 353. The van der Waals surface area contributed by atoms with Crippen LogP contribution in [0.3, 0.4) is 0 Å². The summed E-state index contributed by atoms with van der Waals surface area (Å²) in [6.45, 7) is 4.43. The van der Waals surface area contributed by atoms with Crippen molar-refractivity contribution < 1.29 is 0 Å². The lowest BCUT2D eigenvalue weighted by Crippen LogP contribution is -2.19. The largest absolute Gasteiger partial charge is 0.381 e. The fourth-order valence-electron chi connectivity index (χ4n) is 1.89. The first-order valence-corrected chi connectivity index (χ1v) is 7.13. The third-order valence-electron chi connectivity index (χ3n) is 2.68. The summed E-state index contributed by atoms with van der Waals surface area (Å²) in [7, 11) is 0. The van der Waals surface area contributed by atoms with Gasteiger partial charge in [-0.15, -0.1) is 0 Å². The normalized spacial score (nSPS) is 25.5. The topological polar surface area (TPSA) is 12.0 Å². The van der Waals surface area contributed by atoms with Crippen molar-refractivity contribution in [2.75, 3.05) is 11.1 Å². The van der Waals surface area contributed by atoms with Crippen molar-refractivity contribution in [2.45, 2.75) is 31.6 Å². The van der Waals surface area contributed by atoms with Crippen molar-refractivity contribution in [1.29, 1.82) is 0 Å². The van der Waals surface area contributed by atoms with Crippen molar-refractivity contribution in [3.05, 3.63) is 28.2 Å². The Labute approximate surface area is 104 Å². The molecule has 0 amide bonds. The lowest BCUT2D eigenvalue weighted by molar-refractivity contribution is 0.746. The van der Waals surface area contributed by atoms with Gasteiger partial charge in [0.25, 0.3) is 0 Å². The predicted molar refractivity (Wildman–Crippen MR) is 72.8 cm³/mol. The highest BCUT2D eigenvalue weighted by molar-refractivity contribution is 9.10. The van der Waals surface area contributed by atoms with Gasteiger partial charge in [-0.25, -0.2) is 0 Å². The zero-order chi connectivity index (χ0) is 10.8. The zero-order valence-electron chi connectivity index (χ0n) is 9.09. The van der Waals surface area contributed by atoms with Crippen LogP contribution < -0.4 is 5.32 Å². The molecule has 1 nitrogen and oxygen atoms in total. The summed E-state index contributed by atoms with van der Waals surface area (Å²) in [5.41, 5.74) is 2.54. The molecular weight excluding hydrogens is 270 g/mol. The minimum Gasteiger partial charge on any atom is -0.381 e. The number of nitrogens with one attached hydrogen (secondary N) is 1. The van der Waals surface area contributed by atoms with Crippen molar-refractivity contribution in [2.24, 2.45) is 0 Å². The van der Waals surface area contributed by atoms with E-state index in [1.54, 1.807) is 0 Å². The molecule has 1 aromatic carbocycles. The maximum Gasteiger partial charge on any atom is 0.0489 e. The number of hydrogen-bond donors (Lipinski definition) is 1. The molecule has 0 bridgehead atoms. The molecule has 1 aliphatic rings. The van der Waals surface area contributed by atoms with Gasteiger partial charge >= 0.3 is 0 Å². The van der Waals surface area contributed by atoms with Gasteiger partial charge in [-0.05, 0) is 47.0 Å². The number of thioether (sulfide) groups is 1. The van der Waals surface area contributed by atoms with Crippen LogP contribution in [0.4, 0.5) is 5.69 Å². The van der Waals surface area contributed by atoms with Crippen LogP contribution >= 0.6 is 27.7 Å². The fourth-order valence-corrected chi connectivity index (χ4v) is 3.40. The third kappa shape index (κ3) is 2.91. The van der Waals surface area contributed by atoms with Crippen LogP contribution in [-0.2, 0) is 0 Å². The molecule has 0 radical (unpaired) electrons. The van der Waals surface area contributed by atoms with Crippen LogP contribution in [0.2, 0.25) is 0 Å². The lowest BCUT2D eigenvalue weighted by Gasteiger charge is -2.15. The number of benzene rings is 1. The van der Waals surface area contributed by atoms with Gasteiger partial charge in [0, 0.05) is 27.2 Å². The molecule has 1 saturated heterocycles. The van der Waals surface area contributed by atoms with Gasteiger partial charge in [-0.2, -0.15) is 11.8 Å². The molecule has 0 saturated carbocycles. The molecule has 2 unspecified atom stereocenters. The van der Waals surface area contributed by atoms with Crippen LogP contribution in [0.5, 0.6) is 0 Å². The maximum absolute atomic E-state index is 3.61. The second-order valence-corrected chi connectivity index (χ2v) is 6.53. The van der Waals surface area contributed by atoms with Crippen LogP contribution in [0.15, 0.2) is 22.7 Å². The van der Waals surface area contributed by atoms with E-state index in [4.69, 9.17) is 0 Å². The van der Waals surface area contributed by atoms with Gasteiger partial charge in [0.2, 0.25) is 0 Å². The fraction of sp³-hybridized carbons (Fsp3) is 0.500. The number of halogens is 1. The Morgan fingerprint density at radius 1 is 1.47 bits per heavy atom. The Morgan fingerprint density at radius 2 is 2.27 bits per heavy atom. The number of rotatable bonds is 2. The Morgan fingerprint density at radius 3 is 2.93 bits per heavy atom. The highest BCUT2D eigenvalue weighted by Crippen LogP contribution is 2.31. The molecular formula is C12H16BrNS. The van der Waals surface area contributed by atoms with Crippen molar-refractivity contribution >= 4 is 33.4 Å². The summed E-state index contributed by atoms with van der Waals surface area (Å²) in [5.74, 6) is 1.22. The molecule has 82 valence electrons. The molecule has 1 N–H and O–H groups in total. The van der Waals surface area contributed by atoms with Crippen molar-refractivity contribution in [3.8, 4) is 0 Å². The first-order valence-electron chi connectivity index (χ1n) is 5.29. The maximum atomic E-state index is 3.61. The number of aryl methyl sites for hydroxylation is 1. The van der Waals surface area contributed by atoms with Gasteiger partial charge < -0.3 is 5.32 Å². The highest BCUT2D eigenvalue weighted by atomic mass is 79.9. The zero-order valence-corrected chi connectivity index (χ0v) is 11.5. The Balaban J connectivity index is 2.07. The predicted octanol–water partition coefficient (Wildman–Crippen LogP) is 4.06. The molecule has 1 heterocycles. The van der Waals surface area contributed by atoms with E-state index < -0.39 is 0 Å². The minimum atomic E-state index is 0.628. The molecule has 1 aromatic rings. The Kier molecular flexibility index (Phi) is 3.62. The van der Waals surface area contributed by atoms with Gasteiger partial charge in [0.05, 0.1) is 0 Å². The molecule has 0 spiro atoms. The summed E-state index contributed by atoms with van der Waals surface area (Å²) in [4.78, 5) is 0. The van der Waals surface area contributed by atoms with Crippen LogP contribution in [0.1, 0.15) is 18.9 Å². The average molecular weight is 286 g/mol. The van der Waals surface area contributed by atoms with E-state index in [2.05, 4.69) is 65.1 Å². The van der Waals surface area contributed by atoms with E-state index in [0.717, 1.165) is 9.72 Å². The summed E-state index contributed by atoms with van der Waals surface area (Å²) >= 11 is 5.64. The standard InChI is InChI=1S/C12H16BrNS/c1-8-3-4-11(13)12(5-8)14-10-6-9(2)15-7-10/h3-5,9-10,14H,6-7H2,1-2H3. The summed E-state index contributed by atoms with van der Waals surface area (Å²) in [6, 6.07) is 7.07. The molecule has 1 fully saturated rings. The van der Waals surface area contributed by atoms with Crippen LogP contribution in [0, 0.1) is 6.92 Å². The van der Waals surface area contributed by atoms with Crippen molar-refractivity contribution in [3.63, 3.8) is 0 Å². The lowest BCUT2D eigenvalue weighted by atomic mass is 10.1. The number of anilines is 1. The summed E-state index contributed by atoms with van der Waals surface area (Å²) in [5, 5.41) is 4.41. The van der Waals surface area contributed by atoms with Crippen molar-refractivity contribution in [1.82, 2.24) is 0 Å². The van der Waals surface area contributed by atoms with E-state index in [-0.39, 0.29) is 0 Å². The second-order valence-electron chi connectivity index (χ2n) is 4.20. The van der Waals surface area contributed by atoms with E-state index in [0.29, 0.717) is 6.04 Å². The molecule has 2 rings (SSSR count). The monoisotopic (exact) mass is 285 g/mol. The van der Waals surface area contributed by atoms with Crippen LogP contribution in [-0.4, -0.2) is 17.0 Å². The summed E-state index contributed by atoms with van der Waals surface area (Å²) in [6.07, 6.45) is 1.27. The molecule has 2 atom stereocenters. The molecule has 0 aromatic heterocycles. The second kappa shape index (κ2) is 4.79. The molecule has 15 heavy (non-hydrogen) atoms. The molecule has 3 heteroatoms.